The molecule has 9 heteroatoms. The van der Waals surface area contributed by atoms with E-state index in [2.05, 4.69) is 27.5 Å². The molecule has 1 aliphatic heterocycles. The van der Waals surface area contributed by atoms with Crippen LogP contribution in [0.2, 0.25) is 0 Å². The highest BCUT2D eigenvalue weighted by molar-refractivity contribution is 7.89. The molecule has 1 aliphatic rings. The van der Waals surface area contributed by atoms with E-state index < -0.39 is 10.0 Å². The Labute approximate surface area is 204 Å². The van der Waals surface area contributed by atoms with Crippen molar-refractivity contribution < 1.29 is 13.2 Å². The van der Waals surface area contributed by atoms with E-state index in [1.165, 1.54) is 5.56 Å². The third-order valence-electron chi connectivity index (χ3n) is 6.49. The fourth-order valence-electron chi connectivity index (χ4n) is 4.62. The Balaban J connectivity index is 1.23. The Morgan fingerprint density at radius 3 is 2.46 bits per heavy atom. The van der Waals surface area contributed by atoms with Gasteiger partial charge in [0.15, 0.2) is 5.65 Å². The van der Waals surface area contributed by atoms with Gasteiger partial charge >= 0.3 is 0 Å². The van der Waals surface area contributed by atoms with Gasteiger partial charge in [0, 0.05) is 31.2 Å². The first-order valence-corrected chi connectivity index (χ1v) is 13.1. The maximum absolute atomic E-state index is 13.2. The lowest BCUT2D eigenvalue weighted by atomic mass is 9.91. The number of nitrogens with zero attached hydrogens (tertiary/aromatic N) is 4. The van der Waals surface area contributed by atoms with Gasteiger partial charge in [0.1, 0.15) is 5.56 Å². The molecule has 5 rings (SSSR count). The van der Waals surface area contributed by atoms with Crippen molar-refractivity contribution in [1.82, 2.24) is 18.9 Å². The summed E-state index contributed by atoms with van der Waals surface area (Å²) >= 11 is 0. The number of sulfonamides is 1. The molecule has 0 aliphatic carbocycles. The largest absolute Gasteiger partial charge is 0.322 e. The number of nitrogens with one attached hydrogen (secondary N) is 1. The van der Waals surface area contributed by atoms with Crippen LogP contribution in [0.15, 0.2) is 78.0 Å². The van der Waals surface area contributed by atoms with Gasteiger partial charge in [-0.2, -0.15) is 9.40 Å². The Kier molecular flexibility index (Phi) is 6.36. The topological polar surface area (TPSA) is 96.7 Å². The number of hydrogen-bond donors (Lipinski definition) is 1. The molecular formula is C26H27N5O3S. The number of anilines is 1. The van der Waals surface area contributed by atoms with Crippen molar-refractivity contribution in [2.45, 2.75) is 31.1 Å². The van der Waals surface area contributed by atoms with Crippen molar-refractivity contribution in [1.29, 1.82) is 0 Å². The lowest BCUT2D eigenvalue weighted by Gasteiger charge is -2.31. The number of aromatic nitrogens is 3. The van der Waals surface area contributed by atoms with E-state index in [0.29, 0.717) is 41.6 Å². The second kappa shape index (κ2) is 9.59. The van der Waals surface area contributed by atoms with Crippen molar-refractivity contribution in [3.8, 4) is 0 Å². The third-order valence-corrected chi connectivity index (χ3v) is 8.40. The maximum atomic E-state index is 13.2. The summed E-state index contributed by atoms with van der Waals surface area (Å²) < 4.78 is 29.5. The molecule has 8 nitrogen and oxygen atoms in total. The van der Waals surface area contributed by atoms with Crippen LogP contribution in [0.3, 0.4) is 0 Å². The van der Waals surface area contributed by atoms with Crippen LogP contribution in [0.4, 0.5) is 5.69 Å². The molecule has 0 atom stereocenters. The minimum Gasteiger partial charge on any atom is -0.322 e. The molecule has 0 unspecified atom stereocenters. The highest BCUT2D eigenvalue weighted by Crippen LogP contribution is 2.27. The number of benzene rings is 2. The zero-order valence-corrected chi connectivity index (χ0v) is 20.3. The molecule has 2 aromatic heterocycles. The lowest BCUT2D eigenvalue weighted by Crippen LogP contribution is -2.38. The second-order valence-corrected chi connectivity index (χ2v) is 10.8. The van der Waals surface area contributed by atoms with E-state index in [1.54, 1.807) is 58.5 Å². The smallest absolute Gasteiger partial charge is 0.261 e. The number of rotatable bonds is 6. The van der Waals surface area contributed by atoms with E-state index in [0.717, 1.165) is 19.3 Å². The van der Waals surface area contributed by atoms with Crippen LogP contribution in [0.25, 0.3) is 5.65 Å². The fraction of sp³-hybridized carbons (Fsp3) is 0.269. The van der Waals surface area contributed by atoms with Gasteiger partial charge in [0.2, 0.25) is 10.0 Å². The molecule has 0 radical (unpaired) electrons. The highest BCUT2D eigenvalue weighted by Gasteiger charge is 2.29. The number of amides is 1. The molecule has 1 amide bonds. The van der Waals surface area contributed by atoms with E-state index in [-0.39, 0.29) is 10.8 Å². The normalized spacial score (nSPS) is 15.3. The molecule has 1 saturated heterocycles. The molecule has 180 valence electrons. The standard InChI is InChI=1S/C26H27N5O3S/c1-19-24(25-27-14-5-15-31(25)29-19)26(32)28-22-8-10-23(11-9-22)35(33,34)30-16-12-21(13-17-30)18-20-6-3-2-4-7-20/h2-11,14-15,21H,12-13,16-18H2,1H3,(H,28,32). The maximum Gasteiger partial charge on any atom is 0.261 e. The van der Waals surface area contributed by atoms with Gasteiger partial charge < -0.3 is 5.32 Å². The van der Waals surface area contributed by atoms with Gasteiger partial charge in [-0.1, -0.05) is 30.3 Å². The summed E-state index contributed by atoms with van der Waals surface area (Å²) in [6, 6.07) is 18.4. The molecule has 0 saturated carbocycles. The fourth-order valence-corrected chi connectivity index (χ4v) is 6.09. The number of aryl methyl sites for hydroxylation is 1. The second-order valence-electron chi connectivity index (χ2n) is 8.86. The summed E-state index contributed by atoms with van der Waals surface area (Å²) in [6.07, 6.45) is 6.00. The van der Waals surface area contributed by atoms with Crippen molar-refractivity contribution in [2.75, 3.05) is 18.4 Å². The first kappa shape index (κ1) is 23.2. The molecule has 4 aromatic rings. The van der Waals surface area contributed by atoms with Crippen molar-refractivity contribution in [2.24, 2.45) is 5.92 Å². The predicted octanol–water partition coefficient (Wildman–Crippen LogP) is 3.93. The molecule has 0 bridgehead atoms. The molecule has 1 N–H and O–H groups in total. The van der Waals surface area contributed by atoms with Gasteiger partial charge in [-0.25, -0.2) is 17.9 Å². The average Bonchev–Trinajstić information content (AvgIpc) is 3.21. The van der Waals surface area contributed by atoms with E-state index in [4.69, 9.17) is 0 Å². The average molecular weight is 490 g/mol. The van der Waals surface area contributed by atoms with Gasteiger partial charge in [-0.15, -0.1) is 0 Å². The van der Waals surface area contributed by atoms with Crippen LogP contribution in [0, 0.1) is 12.8 Å². The SMILES string of the molecule is Cc1nn2cccnc2c1C(=O)Nc1ccc(S(=O)(=O)N2CCC(Cc3ccccc3)CC2)cc1. The van der Waals surface area contributed by atoms with Crippen molar-refractivity contribution in [3.05, 3.63) is 89.9 Å². The van der Waals surface area contributed by atoms with Crippen LogP contribution in [-0.2, 0) is 16.4 Å². The zero-order valence-electron chi connectivity index (χ0n) is 19.5. The van der Waals surface area contributed by atoms with Crippen LogP contribution in [0.1, 0.15) is 34.5 Å². The number of carbonyl (C=O) groups is 1. The van der Waals surface area contributed by atoms with Gasteiger partial charge in [-0.05, 0) is 68.0 Å². The Bertz CT molecular complexity index is 1440. The van der Waals surface area contributed by atoms with Crippen molar-refractivity contribution >= 4 is 27.3 Å². The molecule has 2 aromatic carbocycles. The van der Waals surface area contributed by atoms with Crippen molar-refractivity contribution in [3.63, 3.8) is 0 Å². The number of hydrogen-bond acceptors (Lipinski definition) is 5. The summed E-state index contributed by atoms with van der Waals surface area (Å²) in [5.74, 6) is 0.145. The quantitative estimate of drug-likeness (QED) is 0.443. The minimum absolute atomic E-state index is 0.228. The van der Waals surface area contributed by atoms with Crippen LogP contribution < -0.4 is 5.32 Å². The molecule has 3 heterocycles. The summed E-state index contributed by atoms with van der Waals surface area (Å²) in [5.41, 5.74) is 3.22. The first-order valence-electron chi connectivity index (χ1n) is 11.7. The Morgan fingerprint density at radius 1 is 1.03 bits per heavy atom. The molecular weight excluding hydrogens is 462 g/mol. The number of piperidine rings is 1. The van der Waals surface area contributed by atoms with Gasteiger partial charge in [0.05, 0.1) is 10.6 Å². The Morgan fingerprint density at radius 2 is 1.74 bits per heavy atom. The monoisotopic (exact) mass is 489 g/mol. The Hall–Kier alpha value is -3.56. The summed E-state index contributed by atoms with van der Waals surface area (Å²) in [5, 5.41) is 7.13. The highest BCUT2D eigenvalue weighted by atomic mass is 32.2. The summed E-state index contributed by atoms with van der Waals surface area (Å²) in [4.78, 5) is 17.3. The summed E-state index contributed by atoms with van der Waals surface area (Å²) in [7, 11) is -3.58. The lowest BCUT2D eigenvalue weighted by molar-refractivity contribution is 0.102. The van der Waals surface area contributed by atoms with E-state index in [1.807, 2.05) is 18.2 Å². The molecule has 0 spiro atoms. The number of carbonyl (C=O) groups excluding carboxylic acids is 1. The minimum atomic E-state index is -3.58. The number of fused-ring (bicyclic) bond motifs is 1. The zero-order chi connectivity index (χ0) is 24.4. The van der Waals surface area contributed by atoms with Crippen LogP contribution >= 0.6 is 0 Å². The van der Waals surface area contributed by atoms with E-state index >= 15 is 0 Å². The first-order chi connectivity index (χ1) is 16.9. The predicted molar refractivity (Wildman–Crippen MR) is 134 cm³/mol. The van der Waals surface area contributed by atoms with E-state index in [9.17, 15) is 13.2 Å². The molecule has 35 heavy (non-hydrogen) atoms. The van der Waals surface area contributed by atoms with Crippen LogP contribution in [0.5, 0.6) is 0 Å². The summed E-state index contributed by atoms with van der Waals surface area (Å²) in [6.45, 7) is 2.78. The molecule has 1 fully saturated rings. The van der Waals surface area contributed by atoms with Gasteiger partial charge in [-0.3, -0.25) is 4.79 Å². The van der Waals surface area contributed by atoms with Crippen LogP contribution in [-0.4, -0.2) is 46.3 Å². The van der Waals surface area contributed by atoms with Gasteiger partial charge in [0.25, 0.3) is 5.91 Å². The third kappa shape index (κ3) is 4.82.